The first-order valence-corrected chi connectivity index (χ1v) is 7.72. The molecule has 0 aliphatic heterocycles. The van der Waals surface area contributed by atoms with Gasteiger partial charge in [0.1, 0.15) is 0 Å². The van der Waals surface area contributed by atoms with Crippen LogP contribution in [0.15, 0.2) is 90.4 Å². The number of hydrogen-bond donors (Lipinski definition) is 0. The van der Waals surface area contributed by atoms with Gasteiger partial charge in [0, 0.05) is 11.8 Å². The summed E-state index contributed by atoms with van der Waals surface area (Å²) >= 11 is 0. The molecule has 0 N–H and O–H groups in total. The van der Waals surface area contributed by atoms with E-state index in [1.165, 1.54) is 0 Å². The first kappa shape index (κ1) is 15.0. The summed E-state index contributed by atoms with van der Waals surface area (Å²) in [5.41, 5.74) is 4.01. The Balaban J connectivity index is 2.06. The van der Waals surface area contributed by atoms with Crippen LogP contribution in [0.1, 0.15) is 11.1 Å². The van der Waals surface area contributed by atoms with Gasteiger partial charge < -0.3 is 4.57 Å². The fourth-order valence-electron chi connectivity index (χ4n) is 2.76. The van der Waals surface area contributed by atoms with E-state index < -0.39 is 0 Å². The number of rotatable bonds is 5. The Morgan fingerprint density at radius 1 is 0.913 bits per heavy atom. The van der Waals surface area contributed by atoms with E-state index in [1.807, 2.05) is 72.9 Å². The number of allylic oxidation sites excluding steroid dienone is 1. The van der Waals surface area contributed by atoms with Crippen molar-refractivity contribution < 1.29 is 0 Å². The second-order valence-electron chi connectivity index (χ2n) is 5.49. The van der Waals surface area contributed by atoms with Crippen molar-refractivity contribution in [2.24, 2.45) is 0 Å². The normalized spacial score (nSPS) is 10.4. The molecule has 1 aromatic heterocycles. The van der Waals surface area contributed by atoms with Crippen LogP contribution < -0.4 is 5.56 Å². The van der Waals surface area contributed by atoms with E-state index in [0.29, 0.717) is 13.0 Å². The summed E-state index contributed by atoms with van der Waals surface area (Å²) in [5.74, 6) is 0. The topological polar surface area (TPSA) is 22.0 Å². The molecular formula is C21H19NO. The van der Waals surface area contributed by atoms with Crippen LogP contribution in [0.25, 0.3) is 11.1 Å². The molecule has 0 saturated carbocycles. The van der Waals surface area contributed by atoms with Gasteiger partial charge in [-0.3, -0.25) is 4.79 Å². The van der Waals surface area contributed by atoms with Gasteiger partial charge in [0.15, 0.2) is 0 Å². The average molecular weight is 301 g/mol. The Labute approximate surface area is 136 Å². The molecule has 114 valence electrons. The van der Waals surface area contributed by atoms with Gasteiger partial charge in [-0.05, 0) is 29.2 Å². The minimum absolute atomic E-state index is 0.0510. The lowest BCUT2D eigenvalue weighted by Gasteiger charge is -2.12. The van der Waals surface area contributed by atoms with Crippen molar-refractivity contribution in [3.05, 3.63) is 107 Å². The van der Waals surface area contributed by atoms with Crippen molar-refractivity contribution in [3.63, 3.8) is 0 Å². The Hall–Kier alpha value is -2.87. The third-order valence-corrected chi connectivity index (χ3v) is 3.89. The Morgan fingerprint density at radius 2 is 1.57 bits per heavy atom. The molecule has 0 spiro atoms. The fourth-order valence-corrected chi connectivity index (χ4v) is 2.76. The number of nitrogens with zero attached hydrogens (tertiary/aromatic N) is 1. The predicted molar refractivity (Wildman–Crippen MR) is 95.6 cm³/mol. The van der Waals surface area contributed by atoms with Crippen LogP contribution in [0.5, 0.6) is 0 Å². The number of pyridine rings is 1. The van der Waals surface area contributed by atoms with E-state index >= 15 is 0 Å². The van der Waals surface area contributed by atoms with Crippen LogP contribution in [-0.2, 0) is 13.0 Å². The molecule has 23 heavy (non-hydrogen) atoms. The molecule has 0 saturated heterocycles. The molecule has 1 heterocycles. The minimum Gasteiger partial charge on any atom is -0.311 e. The van der Waals surface area contributed by atoms with Gasteiger partial charge in [-0.25, -0.2) is 0 Å². The summed E-state index contributed by atoms with van der Waals surface area (Å²) in [6.45, 7) is 4.38. The van der Waals surface area contributed by atoms with Crippen molar-refractivity contribution in [3.8, 4) is 11.1 Å². The molecule has 0 aliphatic carbocycles. The lowest BCUT2D eigenvalue weighted by atomic mass is 9.99. The van der Waals surface area contributed by atoms with E-state index in [-0.39, 0.29) is 5.56 Å². The van der Waals surface area contributed by atoms with Crippen LogP contribution in [-0.4, -0.2) is 4.57 Å². The standard InChI is InChI=1S/C21H19NO/c1-2-9-20-19(18-12-7-4-8-13-18)14-15-22(21(20)23)16-17-10-5-3-6-11-17/h2-8,10-15H,1,9,16H2. The Kier molecular flexibility index (Phi) is 4.53. The number of aromatic nitrogens is 1. The number of benzene rings is 2. The highest BCUT2D eigenvalue weighted by Crippen LogP contribution is 2.21. The Morgan fingerprint density at radius 3 is 2.22 bits per heavy atom. The molecule has 2 nitrogen and oxygen atoms in total. The first-order chi connectivity index (χ1) is 11.3. The summed E-state index contributed by atoms with van der Waals surface area (Å²) in [6.07, 6.45) is 4.24. The van der Waals surface area contributed by atoms with Crippen molar-refractivity contribution in [1.82, 2.24) is 4.57 Å². The maximum atomic E-state index is 12.9. The van der Waals surface area contributed by atoms with Crippen LogP contribution in [0, 0.1) is 0 Å². The van der Waals surface area contributed by atoms with Gasteiger partial charge >= 0.3 is 0 Å². The van der Waals surface area contributed by atoms with E-state index in [4.69, 9.17) is 0 Å². The molecule has 0 radical (unpaired) electrons. The zero-order chi connectivity index (χ0) is 16.1. The summed E-state index contributed by atoms with van der Waals surface area (Å²) in [5, 5.41) is 0. The molecule has 2 aromatic carbocycles. The quantitative estimate of drug-likeness (QED) is 0.644. The van der Waals surface area contributed by atoms with Gasteiger partial charge in [-0.1, -0.05) is 66.7 Å². The molecular weight excluding hydrogens is 282 g/mol. The van der Waals surface area contributed by atoms with Gasteiger partial charge in [0.2, 0.25) is 0 Å². The van der Waals surface area contributed by atoms with E-state index in [1.54, 1.807) is 10.6 Å². The maximum absolute atomic E-state index is 12.9. The highest BCUT2D eigenvalue weighted by molar-refractivity contribution is 5.66. The monoisotopic (exact) mass is 301 g/mol. The molecule has 0 aliphatic rings. The van der Waals surface area contributed by atoms with Crippen LogP contribution in [0.2, 0.25) is 0 Å². The summed E-state index contributed by atoms with van der Waals surface area (Å²) < 4.78 is 1.76. The molecule has 3 aromatic rings. The molecule has 0 bridgehead atoms. The second kappa shape index (κ2) is 6.93. The molecule has 2 heteroatoms. The summed E-state index contributed by atoms with van der Waals surface area (Å²) in [6, 6.07) is 22.1. The van der Waals surface area contributed by atoms with Crippen LogP contribution in [0.3, 0.4) is 0 Å². The third-order valence-electron chi connectivity index (χ3n) is 3.89. The van der Waals surface area contributed by atoms with Gasteiger partial charge in [0.25, 0.3) is 5.56 Å². The number of hydrogen-bond acceptors (Lipinski definition) is 1. The molecule has 0 fully saturated rings. The SMILES string of the molecule is C=CCc1c(-c2ccccc2)ccn(Cc2ccccc2)c1=O. The first-order valence-electron chi connectivity index (χ1n) is 7.72. The van der Waals surface area contributed by atoms with Gasteiger partial charge in [0.05, 0.1) is 6.54 Å². The van der Waals surface area contributed by atoms with Crippen molar-refractivity contribution in [2.45, 2.75) is 13.0 Å². The zero-order valence-electron chi connectivity index (χ0n) is 13.0. The summed E-state index contributed by atoms with van der Waals surface area (Å²) in [7, 11) is 0. The highest BCUT2D eigenvalue weighted by atomic mass is 16.1. The van der Waals surface area contributed by atoms with E-state index in [0.717, 1.165) is 22.3 Å². The summed E-state index contributed by atoms with van der Waals surface area (Å²) in [4.78, 5) is 12.9. The van der Waals surface area contributed by atoms with Crippen LogP contribution in [0.4, 0.5) is 0 Å². The van der Waals surface area contributed by atoms with Crippen LogP contribution >= 0.6 is 0 Å². The Bertz CT molecular complexity index is 848. The van der Waals surface area contributed by atoms with Gasteiger partial charge in [-0.15, -0.1) is 6.58 Å². The van der Waals surface area contributed by atoms with Crippen molar-refractivity contribution >= 4 is 0 Å². The van der Waals surface area contributed by atoms with E-state index in [9.17, 15) is 4.79 Å². The lowest BCUT2D eigenvalue weighted by molar-refractivity contribution is 0.750. The molecule has 0 amide bonds. The lowest BCUT2D eigenvalue weighted by Crippen LogP contribution is -2.24. The average Bonchev–Trinajstić information content (AvgIpc) is 2.60. The minimum atomic E-state index is 0.0510. The smallest absolute Gasteiger partial charge is 0.254 e. The van der Waals surface area contributed by atoms with Crippen molar-refractivity contribution in [1.29, 1.82) is 0 Å². The highest BCUT2D eigenvalue weighted by Gasteiger charge is 2.10. The second-order valence-corrected chi connectivity index (χ2v) is 5.49. The predicted octanol–water partition coefficient (Wildman–Crippen LogP) is 4.29. The fraction of sp³-hybridized carbons (Fsp3) is 0.0952. The third kappa shape index (κ3) is 3.32. The maximum Gasteiger partial charge on any atom is 0.254 e. The van der Waals surface area contributed by atoms with Gasteiger partial charge in [-0.2, -0.15) is 0 Å². The molecule has 0 atom stereocenters. The largest absolute Gasteiger partial charge is 0.311 e. The van der Waals surface area contributed by atoms with E-state index in [2.05, 4.69) is 6.58 Å². The zero-order valence-corrected chi connectivity index (χ0v) is 13.0. The molecule has 3 rings (SSSR count). The molecule has 0 unspecified atom stereocenters. The van der Waals surface area contributed by atoms with Crippen molar-refractivity contribution in [2.75, 3.05) is 0 Å².